The van der Waals surface area contributed by atoms with Crippen LogP contribution in [0.2, 0.25) is 0 Å². The predicted octanol–water partition coefficient (Wildman–Crippen LogP) is 2.57. The molecule has 2 aromatic heterocycles. The van der Waals surface area contributed by atoms with Crippen LogP contribution in [0.3, 0.4) is 0 Å². The van der Waals surface area contributed by atoms with Crippen molar-refractivity contribution in [3.8, 4) is 5.88 Å². The highest BCUT2D eigenvalue weighted by molar-refractivity contribution is 5.38. The Kier molecular flexibility index (Phi) is 3.22. The van der Waals surface area contributed by atoms with Gasteiger partial charge in [-0.15, -0.1) is 0 Å². The number of ether oxygens (including phenoxy) is 1. The van der Waals surface area contributed by atoms with Crippen molar-refractivity contribution in [2.75, 3.05) is 12.4 Å². The third kappa shape index (κ3) is 2.52. The number of nitrogens with one attached hydrogen (secondary N) is 1. The molecule has 0 saturated heterocycles. The Bertz CT molecular complexity index is 500. The summed E-state index contributed by atoms with van der Waals surface area (Å²) in [5, 5.41) is 2.50. The molecule has 0 unspecified atom stereocenters. The Balaban J connectivity index is 2.15. The Labute approximate surface area is 96.2 Å². The van der Waals surface area contributed by atoms with Crippen LogP contribution < -0.4 is 10.1 Å². The minimum atomic E-state index is -0.854. The molecule has 0 bridgehead atoms. The lowest BCUT2D eigenvalue weighted by Gasteiger charge is -2.07. The Morgan fingerprint density at radius 3 is 2.88 bits per heavy atom. The summed E-state index contributed by atoms with van der Waals surface area (Å²) >= 11 is 0. The third-order valence-corrected chi connectivity index (χ3v) is 2.07. The molecule has 0 fully saturated rings. The number of aromatic nitrogens is 1. The molecule has 0 aliphatic heterocycles. The van der Waals surface area contributed by atoms with Gasteiger partial charge in [-0.05, 0) is 12.1 Å². The van der Waals surface area contributed by atoms with Crippen LogP contribution in [0.25, 0.3) is 0 Å². The van der Waals surface area contributed by atoms with Crippen LogP contribution in [-0.2, 0) is 6.61 Å². The molecular weight excluding hydrogens is 230 g/mol. The number of hydrogen-bond acceptors (Lipinski definition) is 4. The minimum absolute atomic E-state index is 0.0334. The molecule has 2 rings (SSSR count). The van der Waals surface area contributed by atoms with Gasteiger partial charge in [-0.2, -0.15) is 4.98 Å². The highest BCUT2D eigenvalue weighted by atomic mass is 19.1. The van der Waals surface area contributed by atoms with Crippen LogP contribution in [0.4, 0.5) is 14.6 Å². The van der Waals surface area contributed by atoms with Gasteiger partial charge in [0.2, 0.25) is 0 Å². The molecule has 2 aromatic rings. The molecule has 0 saturated carbocycles. The van der Waals surface area contributed by atoms with Crippen molar-refractivity contribution in [1.29, 1.82) is 0 Å². The van der Waals surface area contributed by atoms with Crippen molar-refractivity contribution in [2.24, 2.45) is 0 Å². The Hall–Kier alpha value is -2.11. The molecular formula is C11H10F2N2O2. The van der Waals surface area contributed by atoms with E-state index in [1.165, 1.54) is 13.3 Å². The topological polar surface area (TPSA) is 47.3 Å². The summed E-state index contributed by atoms with van der Waals surface area (Å²) in [5.41, 5.74) is 0. The summed E-state index contributed by atoms with van der Waals surface area (Å²) in [7, 11) is 1.49. The second-order valence-electron chi connectivity index (χ2n) is 3.22. The lowest BCUT2D eigenvalue weighted by Crippen LogP contribution is -2.03. The van der Waals surface area contributed by atoms with E-state index in [0.717, 1.165) is 6.07 Å². The van der Waals surface area contributed by atoms with Gasteiger partial charge in [-0.25, -0.2) is 8.78 Å². The molecule has 0 aliphatic rings. The zero-order valence-corrected chi connectivity index (χ0v) is 9.04. The molecule has 0 atom stereocenters. The van der Waals surface area contributed by atoms with Gasteiger partial charge in [0, 0.05) is 13.1 Å². The first kappa shape index (κ1) is 11.4. The van der Waals surface area contributed by atoms with E-state index in [1.54, 1.807) is 12.1 Å². The van der Waals surface area contributed by atoms with E-state index >= 15 is 0 Å². The van der Waals surface area contributed by atoms with Crippen LogP contribution in [0.15, 0.2) is 28.9 Å². The molecule has 0 spiro atoms. The molecule has 0 amide bonds. The summed E-state index contributed by atoms with van der Waals surface area (Å²) in [4.78, 5) is 3.66. The highest BCUT2D eigenvalue weighted by Crippen LogP contribution is 2.21. The monoisotopic (exact) mass is 240 g/mol. The summed E-state index contributed by atoms with van der Waals surface area (Å²) in [6, 6.07) is 4.09. The van der Waals surface area contributed by atoms with Crippen molar-refractivity contribution in [1.82, 2.24) is 4.98 Å². The quantitative estimate of drug-likeness (QED) is 0.892. The maximum Gasteiger partial charge on any atom is 0.253 e. The van der Waals surface area contributed by atoms with Crippen molar-refractivity contribution in [2.45, 2.75) is 6.61 Å². The van der Waals surface area contributed by atoms with Gasteiger partial charge in [0.1, 0.15) is 12.4 Å². The molecule has 4 nitrogen and oxygen atoms in total. The van der Waals surface area contributed by atoms with Crippen molar-refractivity contribution < 1.29 is 17.9 Å². The SMILES string of the molecule is CNc1nc(OCc2ccco2)c(F)cc1F. The Morgan fingerprint density at radius 1 is 1.41 bits per heavy atom. The maximum atomic E-state index is 13.3. The number of furan rings is 1. The van der Waals surface area contributed by atoms with E-state index in [0.29, 0.717) is 5.76 Å². The second-order valence-corrected chi connectivity index (χ2v) is 3.22. The lowest BCUT2D eigenvalue weighted by atomic mass is 10.4. The third-order valence-electron chi connectivity index (χ3n) is 2.07. The first-order valence-electron chi connectivity index (χ1n) is 4.89. The van der Waals surface area contributed by atoms with Crippen LogP contribution in [0, 0.1) is 11.6 Å². The molecule has 6 heteroatoms. The van der Waals surface area contributed by atoms with Crippen LogP contribution >= 0.6 is 0 Å². The number of anilines is 1. The van der Waals surface area contributed by atoms with Gasteiger partial charge in [0.15, 0.2) is 17.5 Å². The Morgan fingerprint density at radius 2 is 2.24 bits per heavy atom. The summed E-state index contributed by atoms with van der Waals surface area (Å²) in [6.07, 6.45) is 1.48. The zero-order chi connectivity index (χ0) is 12.3. The first-order chi connectivity index (χ1) is 8.20. The largest absolute Gasteiger partial charge is 0.467 e. The second kappa shape index (κ2) is 4.82. The maximum absolute atomic E-state index is 13.3. The van der Waals surface area contributed by atoms with Gasteiger partial charge in [0.05, 0.1) is 6.26 Å². The number of nitrogens with zero attached hydrogens (tertiary/aromatic N) is 1. The van der Waals surface area contributed by atoms with E-state index < -0.39 is 11.6 Å². The number of halogens is 2. The molecule has 0 radical (unpaired) electrons. The summed E-state index contributed by atoms with van der Waals surface area (Å²) in [6.45, 7) is 0.0334. The van der Waals surface area contributed by atoms with Gasteiger partial charge < -0.3 is 14.5 Å². The standard InChI is InChI=1S/C11H10F2N2O2/c1-14-10-8(12)5-9(13)11(15-10)17-6-7-3-2-4-16-7/h2-5H,6H2,1H3,(H,14,15). The van der Waals surface area contributed by atoms with Crippen LogP contribution in [-0.4, -0.2) is 12.0 Å². The molecule has 0 aromatic carbocycles. The molecule has 2 heterocycles. The normalized spacial score (nSPS) is 10.3. The average Bonchev–Trinajstić information content (AvgIpc) is 2.81. The van der Waals surface area contributed by atoms with Gasteiger partial charge in [0.25, 0.3) is 5.88 Å². The van der Waals surface area contributed by atoms with Crippen molar-refractivity contribution >= 4 is 5.82 Å². The van der Waals surface area contributed by atoms with Crippen molar-refractivity contribution in [3.05, 3.63) is 41.9 Å². The zero-order valence-electron chi connectivity index (χ0n) is 9.04. The fraction of sp³-hybridized carbons (Fsp3) is 0.182. The van der Waals surface area contributed by atoms with Crippen molar-refractivity contribution in [3.63, 3.8) is 0 Å². The fourth-order valence-electron chi connectivity index (χ4n) is 1.26. The molecule has 1 N–H and O–H groups in total. The van der Waals surface area contributed by atoms with Crippen LogP contribution in [0.1, 0.15) is 5.76 Å². The summed E-state index contributed by atoms with van der Waals surface area (Å²) < 4.78 is 36.5. The number of rotatable bonds is 4. The molecule has 0 aliphatic carbocycles. The minimum Gasteiger partial charge on any atom is -0.467 e. The van der Waals surface area contributed by atoms with Crippen LogP contribution in [0.5, 0.6) is 5.88 Å². The van der Waals surface area contributed by atoms with E-state index in [1.807, 2.05) is 0 Å². The van der Waals surface area contributed by atoms with Gasteiger partial charge in [-0.3, -0.25) is 0 Å². The molecule has 90 valence electrons. The molecule has 17 heavy (non-hydrogen) atoms. The smallest absolute Gasteiger partial charge is 0.253 e. The van der Waals surface area contributed by atoms with E-state index in [-0.39, 0.29) is 18.3 Å². The summed E-state index contributed by atoms with van der Waals surface area (Å²) in [5.74, 6) is -1.43. The first-order valence-corrected chi connectivity index (χ1v) is 4.89. The van der Waals surface area contributed by atoms with Gasteiger partial charge in [-0.1, -0.05) is 0 Å². The lowest BCUT2D eigenvalue weighted by molar-refractivity contribution is 0.247. The van der Waals surface area contributed by atoms with Gasteiger partial charge >= 0.3 is 0 Å². The number of hydrogen-bond donors (Lipinski definition) is 1. The highest BCUT2D eigenvalue weighted by Gasteiger charge is 2.12. The van der Waals surface area contributed by atoms with E-state index in [4.69, 9.17) is 9.15 Å². The average molecular weight is 240 g/mol. The predicted molar refractivity (Wildman–Crippen MR) is 56.7 cm³/mol. The number of pyridine rings is 1. The fourth-order valence-corrected chi connectivity index (χ4v) is 1.26. The van der Waals surface area contributed by atoms with E-state index in [2.05, 4.69) is 10.3 Å². The van der Waals surface area contributed by atoms with E-state index in [9.17, 15) is 8.78 Å².